The molecule has 3 fully saturated rings. The number of phosphoric ester groups is 1. The fourth-order valence-corrected chi connectivity index (χ4v) is 13.1. The molecule has 0 amide bonds. The molecule has 0 aromatic heterocycles. The highest BCUT2D eigenvalue weighted by molar-refractivity contribution is 7.47. The molecule has 2 heterocycles. The Morgan fingerprint density at radius 3 is 1.14 bits per heavy atom. The second kappa shape index (κ2) is 53.3. The number of aliphatic hydroxyl groups excluding tert-OH is 10. The highest BCUT2D eigenvalue weighted by Crippen LogP contribution is 2.49. The molecule has 24 nitrogen and oxygen atoms in total. The summed E-state index contributed by atoms with van der Waals surface area (Å²) >= 11 is 0. The SMILES string of the molecule is CCCCCC/C=C\CCCCCCCCCC(=O)OCC1OC(OC2C(O)C(O)C(O)C(OC3OC(CO)C(O)C(O)C3O)C2OP(=O)(O)OCC(COC(=O)CCCCCCCCCCCCC)OC(=O)CCCCCCCCC/C=C\CCCCCC)C(O)C(O)C1O. The van der Waals surface area contributed by atoms with Crippen molar-refractivity contribution in [3.8, 4) is 0 Å². The number of carbonyl (C=O) groups excluding carboxylic acids is 3. The van der Waals surface area contributed by atoms with Gasteiger partial charge >= 0.3 is 25.7 Å². The Bertz CT molecular complexity index is 2090. The lowest BCUT2D eigenvalue weighted by Crippen LogP contribution is -2.69. The average molecular weight is 1400 g/mol. The molecule has 1 saturated carbocycles. The Hall–Kier alpha value is -2.56. The molecule has 3 rings (SSSR count). The van der Waals surface area contributed by atoms with Crippen LogP contribution in [0.3, 0.4) is 0 Å². The number of hydrogen-bond acceptors (Lipinski definition) is 23. The van der Waals surface area contributed by atoms with E-state index < -0.39 is 156 Å². The maximum atomic E-state index is 14.3. The van der Waals surface area contributed by atoms with E-state index in [1.807, 2.05) is 0 Å². The van der Waals surface area contributed by atoms with E-state index >= 15 is 0 Å². The van der Waals surface area contributed by atoms with E-state index in [-0.39, 0.29) is 19.3 Å². The van der Waals surface area contributed by atoms with Crippen LogP contribution in [0.5, 0.6) is 0 Å². The normalized spacial score (nSPS) is 28.1. The van der Waals surface area contributed by atoms with E-state index in [0.717, 1.165) is 135 Å². The summed E-state index contributed by atoms with van der Waals surface area (Å²) in [6, 6.07) is 0. The average Bonchev–Trinajstić information content (AvgIpc) is 0.764. The van der Waals surface area contributed by atoms with Crippen LogP contribution in [0.15, 0.2) is 24.3 Å². The number of rotatable bonds is 57. The van der Waals surface area contributed by atoms with Gasteiger partial charge in [-0.15, -0.1) is 0 Å². The number of esters is 3. The van der Waals surface area contributed by atoms with Gasteiger partial charge in [-0.05, 0) is 70.6 Å². The molecular weight excluding hydrogens is 1270 g/mol. The molecule has 0 bridgehead atoms. The Kier molecular flexibility index (Phi) is 48.7. The second-order valence-corrected chi connectivity index (χ2v) is 28.1. The molecule has 96 heavy (non-hydrogen) atoms. The van der Waals surface area contributed by atoms with Crippen molar-refractivity contribution in [3.05, 3.63) is 24.3 Å². The molecule has 18 atom stereocenters. The summed E-state index contributed by atoms with van der Waals surface area (Å²) in [7, 11) is -5.69. The fourth-order valence-electron chi connectivity index (χ4n) is 12.1. The Labute approximate surface area is 573 Å². The van der Waals surface area contributed by atoms with Gasteiger partial charge in [0.2, 0.25) is 0 Å². The van der Waals surface area contributed by atoms with E-state index in [2.05, 4.69) is 45.1 Å². The van der Waals surface area contributed by atoms with Crippen molar-refractivity contribution < 1.29 is 117 Å². The topological polar surface area (TPSA) is 374 Å². The molecule has 0 radical (unpaired) electrons. The number of unbranched alkanes of at least 4 members (excludes halogenated alkanes) is 32. The standard InChI is InChI=1S/C71H129O24P/c1-4-7-10-13-16-19-22-24-26-28-31-34-37-40-43-46-56(74)88-51-54-59(77)61(79)66(84)71(92-54)94-68-64(82)62(80)63(81)67(93-70-65(83)60(78)58(76)53(48-72)91-70)69(68)95-96(85,86)89-50-52(49-87-55(73)45-42-39-36-33-30-21-18-15-12-9-6-3)90-57(75)47-44-41-38-35-32-29-27-25-23-20-17-14-11-8-5-2/h19-20,22-23,52-54,58-72,76-84H,4-18,21,24-51H2,1-3H3,(H,85,86)/b22-19-,23-20-. The van der Waals surface area contributed by atoms with Crippen molar-refractivity contribution in [1.82, 2.24) is 0 Å². The van der Waals surface area contributed by atoms with Gasteiger partial charge in [0.25, 0.3) is 0 Å². The summed E-state index contributed by atoms with van der Waals surface area (Å²) in [5, 5.41) is 110. The molecule has 0 aromatic rings. The number of phosphoric acid groups is 1. The lowest BCUT2D eigenvalue weighted by molar-refractivity contribution is -0.360. The summed E-state index contributed by atoms with van der Waals surface area (Å²) in [4.78, 5) is 50.9. The van der Waals surface area contributed by atoms with Crippen molar-refractivity contribution in [2.24, 2.45) is 0 Å². The van der Waals surface area contributed by atoms with Gasteiger partial charge < -0.3 is 89.1 Å². The van der Waals surface area contributed by atoms with Crippen LogP contribution in [-0.4, -0.2) is 204 Å². The van der Waals surface area contributed by atoms with E-state index in [9.17, 15) is 74.9 Å². The zero-order valence-electron chi connectivity index (χ0n) is 58.4. The van der Waals surface area contributed by atoms with Crippen molar-refractivity contribution in [2.45, 2.75) is 382 Å². The van der Waals surface area contributed by atoms with Gasteiger partial charge in [0.1, 0.15) is 98.7 Å². The summed E-state index contributed by atoms with van der Waals surface area (Å²) < 4.78 is 64.9. The van der Waals surface area contributed by atoms with Crippen molar-refractivity contribution in [3.63, 3.8) is 0 Å². The van der Waals surface area contributed by atoms with Crippen LogP contribution in [0.25, 0.3) is 0 Å². The van der Waals surface area contributed by atoms with Crippen LogP contribution < -0.4 is 0 Å². The molecule has 562 valence electrons. The number of ether oxygens (including phenoxy) is 7. The Balaban J connectivity index is 1.74. The highest BCUT2D eigenvalue weighted by atomic mass is 31.2. The Morgan fingerprint density at radius 1 is 0.396 bits per heavy atom. The molecule has 2 saturated heterocycles. The van der Waals surface area contributed by atoms with Crippen molar-refractivity contribution in [1.29, 1.82) is 0 Å². The van der Waals surface area contributed by atoms with E-state index in [4.69, 9.17) is 42.2 Å². The molecule has 2 aliphatic heterocycles. The Morgan fingerprint density at radius 2 is 0.729 bits per heavy atom. The molecule has 11 N–H and O–H groups in total. The van der Waals surface area contributed by atoms with Crippen molar-refractivity contribution in [2.75, 3.05) is 26.4 Å². The first-order valence-electron chi connectivity index (χ1n) is 37.1. The van der Waals surface area contributed by atoms with Gasteiger partial charge in [-0.2, -0.15) is 0 Å². The van der Waals surface area contributed by atoms with Gasteiger partial charge in [-0.25, -0.2) is 4.57 Å². The van der Waals surface area contributed by atoms with E-state index in [0.29, 0.717) is 19.3 Å². The van der Waals surface area contributed by atoms with E-state index in [1.165, 1.54) is 83.5 Å². The van der Waals surface area contributed by atoms with Gasteiger partial charge in [-0.1, -0.05) is 212 Å². The molecule has 18 unspecified atom stereocenters. The smallest absolute Gasteiger partial charge is 0.463 e. The minimum atomic E-state index is -5.69. The van der Waals surface area contributed by atoms with Gasteiger partial charge in [0.15, 0.2) is 18.7 Å². The fraction of sp³-hybridized carbons (Fsp3) is 0.901. The first-order valence-corrected chi connectivity index (χ1v) is 38.6. The minimum Gasteiger partial charge on any atom is -0.463 e. The summed E-state index contributed by atoms with van der Waals surface area (Å²) in [6.07, 6.45) is 12.5. The van der Waals surface area contributed by atoms with Gasteiger partial charge in [0, 0.05) is 19.3 Å². The predicted octanol–water partition coefficient (Wildman–Crippen LogP) is 9.74. The van der Waals surface area contributed by atoms with Crippen LogP contribution in [0.1, 0.15) is 278 Å². The summed E-state index contributed by atoms with van der Waals surface area (Å²) in [6.45, 7) is 3.40. The van der Waals surface area contributed by atoms with Gasteiger partial charge in [-0.3, -0.25) is 23.4 Å². The van der Waals surface area contributed by atoms with Crippen molar-refractivity contribution >= 4 is 25.7 Å². The van der Waals surface area contributed by atoms with Crippen LogP contribution in [0.4, 0.5) is 0 Å². The maximum absolute atomic E-state index is 14.3. The highest BCUT2D eigenvalue weighted by Gasteiger charge is 2.58. The van der Waals surface area contributed by atoms with E-state index in [1.54, 1.807) is 0 Å². The molecule has 3 aliphatic rings. The number of allylic oxidation sites excluding steroid dienone is 4. The third kappa shape index (κ3) is 36.4. The summed E-state index contributed by atoms with van der Waals surface area (Å²) in [5.74, 6) is -2.00. The lowest BCUT2D eigenvalue weighted by atomic mass is 9.84. The number of hydrogen-bond donors (Lipinski definition) is 11. The quantitative estimate of drug-likeness (QED) is 0.00886. The largest absolute Gasteiger partial charge is 0.472 e. The zero-order valence-corrected chi connectivity index (χ0v) is 59.3. The number of aliphatic hydroxyl groups is 10. The van der Waals surface area contributed by atoms with Gasteiger partial charge in [0.05, 0.1) is 13.2 Å². The maximum Gasteiger partial charge on any atom is 0.472 e. The third-order valence-electron chi connectivity index (χ3n) is 18.2. The first-order chi connectivity index (χ1) is 46.3. The molecule has 0 spiro atoms. The van der Waals surface area contributed by atoms with Crippen LogP contribution in [0, 0.1) is 0 Å². The monoisotopic (exact) mass is 1400 g/mol. The molecular formula is C71H129O24P. The first kappa shape index (κ1) is 87.7. The lowest BCUT2D eigenvalue weighted by Gasteiger charge is -2.49. The predicted molar refractivity (Wildman–Crippen MR) is 361 cm³/mol. The zero-order chi connectivity index (χ0) is 70.4. The minimum absolute atomic E-state index is 0.0234. The summed E-state index contributed by atoms with van der Waals surface area (Å²) in [5.41, 5.74) is 0. The van der Waals surface area contributed by atoms with Crippen LogP contribution in [-0.2, 0) is 61.2 Å². The van der Waals surface area contributed by atoms with Crippen LogP contribution >= 0.6 is 7.82 Å². The second-order valence-electron chi connectivity index (χ2n) is 26.7. The molecule has 1 aliphatic carbocycles. The molecule has 0 aromatic carbocycles. The molecule has 25 heteroatoms. The number of carbonyl (C=O) groups is 3. The third-order valence-corrected chi connectivity index (χ3v) is 19.2. The van der Waals surface area contributed by atoms with Crippen LogP contribution in [0.2, 0.25) is 0 Å².